The smallest absolute Gasteiger partial charge is 0.0791 e. The monoisotopic (exact) mass is 98.1 g/mol. The Balaban J connectivity index is 1.88. The molecule has 0 amide bonds. The van der Waals surface area contributed by atoms with Gasteiger partial charge in [0.25, 0.3) is 0 Å². The quantitative estimate of drug-likeness (QED) is 0.393. The van der Waals surface area contributed by atoms with Crippen LogP contribution in [0, 0.1) is 11.3 Å². The van der Waals surface area contributed by atoms with Gasteiger partial charge in [-0.05, 0) is 18.8 Å². The molecule has 0 bridgehead atoms. The van der Waals surface area contributed by atoms with Crippen LogP contribution >= 0.6 is 0 Å². The van der Waals surface area contributed by atoms with Crippen molar-refractivity contribution in [3.05, 3.63) is 0 Å². The van der Waals surface area contributed by atoms with Crippen LogP contribution in [0.3, 0.4) is 0 Å². The molecule has 2 heteroatoms. The molecule has 0 heterocycles. The molecule has 2 N–H and O–H groups in total. The van der Waals surface area contributed by atoms with Crippen LogP contribution in [0.5, 0.6) is 0 Å². The lowest BCUT2D eigenvalue weighted by Crippen LogP contribution is -2.12. The standard InChI is InChI=1S/C5H10N2/c6-4-7-3-5-1-2-5/h4-5H,1-3H2,(H2,6,7). The van der Waals surface area contributed by atoms with Gasteiger partial charge < -0.3 is 5.32 Å². The maximum atomic E-state index is 6.59. The zero-order chi connectivity index (χ0) is 5.11. The van der Waals surface area contributed by atoms with Crippen molar-refractivity contribution in [1.29, 1.82) is 5.41 Å². The molecule has 2 nitrogen and oxygen atoms in total. The van der Waals surface area contributed by atoms with E-state index in [2.05, 4.69) is 5.32 Å². The Labute approximate surface area is 43.4 Å². The van der Waals surface area contributed by atoms with Gasteiger partial charge in [-0.3, -0.25) is 5.41 Å². The molecule has 0 aromatic carbocycles. The Bertz CT molecular complexity index is 66.5. The highest BCUT2D eigenvalue weighted by Crippen LogP contribution is 2.27. The molecular formula is C5H10N2. The molecule has 1 aliphatic rings. The molecule has 0 aromatic heterocycles. The molecule has 1 aliphatic carbocycles. The topological polar surface area (TPSA) is 35.9 Å². The molecule has 1 rings (SSSR count). The van der Waals surface area contributed by atoms with Crippen molar-refractivity contribution in [2.75, 3.05) is 6.54 Å². The first-order chi connectivity index (χ1) is 3.43. The zero-order valence-corrected chi connectivity index (χ0v) is 4.28. The predicted molar refractivity (Wildman–Crippen MR) is 29.5 cm³/mol. The highest BCUT2D eigenvalue weighted by atomic mass is 14.9. The van der Waals surface area contributed by atoms with Gasteiger partial charge in [-0.15, -0.1) is 0 Å². The summed E-state index contributed by atoms with van der Waals surface area (Å²) in [5.74, 6) is 0.890. The van der Waals surface area contributed by atoms with Gasteiger partial charge in [-0.1, -0.05) is 0 Å². The van der Waals surface area contributed by atoms with Crippen molar-refractivity contribution < 1.29 is 0 Å². The minimum atomic E-state index is 0.890. The van der Waals surface area contributed by atoms with E-state index in [-0.39, 0.29) is 0 Å². The van der Waals surface area contributed by atoms with Crippen LogP contribution in [0.25, 0.3) is 0 Å². The lowest BCUT2D eigenvalue weighted by atomic mass is 10.4. The number of nitrogens with one attached hydrogen (secondary N) is 2. The van der Waals surface area contributed by atoms with E-state index in [1.807, 2.05) is 0 Å². The minimum Gasteiger partial charge on any atom is -0.376 e. The SMILES string of the molecule is N=CNCC1CC1. The van der Waals surface area contributed by atoms with Crippen LogP contribution in [-0.2, 0) is 0 Å². The predicted octanol–water partition coefficient (Wildman–Crippen LogP) is 0.593. The first kappa shape index (κ1) is 4.62. The molecule has 1 saturated carbocycles. The summed E-state index contributed by atoms with van der Waals surface area (Å²) < 4.78 is 0. The summed E-state index contributed by atoms with van der Waals surface area (Å²) in [6, 6.07) is 0. The third-order valence-corrected chi connectivity index (χ3v) is 1.21. The number of hydrogen-bond donors (Lipinski definition) is 2. The molecule has 0 saturated heterocycles. The van der Waals surface area contributed by atoms with Gasteiger partial charge in [0, 0.05) is 6.54 Å². The van der Waals surface area contributed by atoms with E-state index in [1.165, 1.54) is 19.2 Å². The Morgan fingerprint density at radius 3 is 2.86 bits per heavy atom. The van der Waals surface area contributed by atoms with Gasteiger partial charge in [0.05, 0.1) is 6.34 Å². The van der Waals surface area contributed by atoms with Crippen molar-refractivity contribution in [2.24, 2.45) is 5.92 Å². The second-order valence-electron chi connectivity index (χ2n) is 2.00. The van der Waals surface area contributed by atoms with Crippen LogP contribution in [-0.4, -0.2) is 12.9 Å². The second kappa shape index (κ2) is 1.96. The Morgan fingerprint density at radius 2 is 2.43 bits per heavy atom. The largest absolute Gasteiger partial charge is 0.376 e. The lowest BCUT2D eigenvalue weighted by Gasteiger charge is -1.90. The van der Waals surface area contributed by atoms with Crippen molar-refractivity contribution >= 4 is 6.34 Å². The summed E-state index contributed by atoms with van der Waals surface area (Å²) in [6.45, 7) is 1.02. The molecule has 7 heavy (non-hydrogen) atoms. The van der Waals surface area contributed by atoms with Crippen LogP contribution < -0.4 is 5.32 Å². The van der Waals surface area contributed by atoms with E-state index in [4.69, 9.17) is 5.41 Å². The van der Waals surface area contributed by atoms with Gasteiger partial charge in [-0.25, -0.2) is 0 Å². The van der Waals surface area contributed by atoms with E-state index in [0.717, 1.165) is 12.5 Å². The molecule has 0 spiro atoms. The summed E-state index contributed by atoms with van der Waals surface area (Å²) in [5, 5.41) is 9.44. The van der Waals surface area contributed by atoms with Crippen LogP contribution in [0.15, 0.2) is 0 Å². The van der Waals surface area contributed by atoms with Crippen LogP contribution in [0.4, 0.5) is 0 Å². The minimum absolute atomic E-state index is 0.890. The summed E-state index contributed by atoms with van der Waals surface area (Å²) >= 11 is 0. The van der Waals surface area contributed by atoms with Gasteiger partial charge in [0.15, 0.2) is 0 Å². The first-order valence-corrected chi connectivity index (χ1v) is 2.66. The fourth-order valence-corrected chi connectivity index (χ4v) is 0.548. The third kappa shape index (κ3) is 1.57. The van der Waals surface area contributed by atoms with E-state index < -0.39 is 0 Å². The summed E-state index contributed by atoms with van der Waals surface area (Å²) in [4.78, 5) is 0. The van der Waals surface area contributed by atoms with Crippen molar-refractivity contribution in [3.63, 3.8) is 0 Å². The molecule has 0 aromatic rings. The number of rotatable bonds is 3. The van der Waals surface area contributed by atoms with E-state index in [0.29, 0.717) is 0 Å². The average molecular weight is 98.1 g/mol. The summed E-state index contributed by atoms with van der Waals surface area (Å²) in [6.07, 6.45) is 3.99. The fourth-order valence-electron chi connectivity index (χ4n) is 0.548. The van der Waals surface area contributed by atoms with E-state index in [1.54, 1.807) is 0 Å². The van der Waals surface area contributed by atoms with Crippen LogP contribution in [0.1, 0.15) is 12.8 Å². The molecular weight excluding hydrogens is 88.1 g/mol. The van der Waals surface area contributed by atoms with Crippen molar-refractivity contribution in [1.82, 2.24) is 5.32 Å². The van der Waals surface area contributed by atoms with Gasteiger partial charge in [-0.2, -0.15) is 0 Å². The Hall–Kier alpha value is -0.530. The maximum absolute atomic E-state index is 6.59. The zero-order valence-electron chi connectivity index (χ0n) is 4.28. The molecule has 0 aliphatic heterocycles. The second-order valence-corrected chi connectivity index (χ2v) is 2.00. The Morgan fingerprint density at radius 1 is 1.71 bits per heavy atom. The third-order valence-electron chi connectivity index (χ3n) is 1.21. The maximum Gasteiger partial charge on any atom is 0.0791 e. The summed E-state index contributed by atoms with van der Waals surface area (Å²) in [5.41, 5.74) is 0. The molecule has 0 radical (unpaired) electrons. The van der Waals surface area contributed by atoms with E-state index >= 15 is 0 Å². The highest BCUT2D eigenvalue weighted by Gasteiger charge is 2.19. The average Bonchev–Trinajstić information content (AvgIpc) is 2.42. The van der Waals surface area contributed by atoms with Crippen LogP contribution in [0.2, 0.25) is 0 Å². The van der Waals surface area contributed by atoms with Crippen molar-refractivity contribution in [2.45, 2.75) is 12.8 Å². The highest BCUT2D eigenvalue weighted by molar-refractivity contribution is 5.49. The first-order valence-electron chi connectivity index (χ1n) is 2.66. The van der Waals surface area contributed by atoms with Gasteiger partial charge in [0.1, 0.15) is 0 Å². The van der Waals surface area contributed by atoms with Gasteiger partial charge in [0.2, 0.25) is 0 Å². The molecule has 0 atom stereocenters. The fraction of sp³-hybridized carbons (Fsp3) is 0.800. The molecule has 1 fully saturated rings. The lowest BCUT2D eigenvalue weighted by molar-refractivity contribution is 0.779. The van der Waals surface area contributed by atoms with Gasteiger partial charge >= 0.3 is 0 Å². The van der Waals surface area contributed by atoms with Crippen molar-refractivity contribution in [3.8, 4) is 0 Å². The van der Waals surface area contributed by atoms with E-state index in [9.17, 15) is 0 Å². The Kier molecular flexibility index (Phi) is 1.29. The molecule has 0 unspecified atom stereocenters. The summed E-state index contributed by atoms with van der Waals surface area (Å²) in [7, 11) is 0. The number of hydrogen-bond acceptors (Lipinski definition) is 1. The normalized spacial score (nSPS) is 18.9. The molecule has 40 valence electrons.